The van der Waals surface area contributed by atoms with E-state index in [1.165, 1.54) is 11.3 Å². The van der Waals surface area contributed by atoms with Crippen molar-refractivity contribution in [2.75, 3.05) is 18.5 Å². The Hall–Kier alpha value is -1.25. The quantitative estimate of drug-likeness (QED) is 0.755. The van der Waals surface area contributed by atoms with Crippen LogP contribution in [0.15, 0.2) is 21.3 Å². The Balaban J connectivity index is 1.59. The zero-order valence-corrected chi connectivity index (χ0v) is 15.8. The number of likely N-dealkylation sites (N-methyl/N-ethyl adjacent to an activating group) is 1. The zero-order valence-electron chi connectivity index (χ0n) is 12.6. The fourth-order valence-electron chi connectivity index (χ4n) is 2.40. The predicted molar refractivity (Wildman–Crippen MR) is 95.9 cm³/mol. The first kappa shape index (κ1) is 16.6. The number of hydrogen-bond acceptors (Lipinski definition) is 5. The fourth-order valence-corrected chi connectivity index (χ4v) is 4.80. The molecular formula is C15H16BrN3O2S2. The summed E-state index contributed by atoms with van der Waals surface area (Å²) in [6, 6.07) is 4.00. The van der Waals surface area contributed by atoms with Crippen LogP contribution in [0.2, 0.25) is 0 Å². The molecule has 0 spiro atoms. The molecule has 1 aliphatic rings. The van der Waals surface area contributed by atoms with Crippen molar-refractivity contribution in [2.45, 2.75) is 25.8 Å². The van der Waals surface area contributed by atoms with Gasteiger partial charge in [-0.05, 0) is 34.5 Å². The molecule has 2 amide bonds. The number of halogens is 1. The van der Waals surface area contributed by atoms with E-state index < -0.39 is 0 Å². The molecule has 1 saturated heterocycles. The average Bonchev–Trinajstić information content (AvgIpc) is 3.21. The molecule has 3 rings (SSSR count). The first-order valence-electron chi connectivity index (χ1n) is 7.26. The molecule has 0 aromatic carbocycles. The van der Waals surface area contributed by atoms with E-state index in [1.54, 1.807) is 28.2 Å². The summed E-state index contributed by atoms with van der Waals surface area (Å²) in [6.45, 7) is 1.32. The van der Waals surface area contributed by atoms with Crippen LogP contribution in [0.5, 0.6) is 0 Å². The number of carbonyl (C=O) groups is 2. The number of amides is 2. The van der Waals surface area contributed by atoms with Crippen LogP contribution in [0.4, 0.5) is 5.13 Å². The van der Waals surface area contributed by atoms with Gasteiger partial charge in [-0.25, -0.2) is 4.98 Å². The summed E-state index contributed by atoms with van der Waals surface area (Å²) in [5, 5.41) is 2.58. The Kier molecular flexibility index (Phi) is 5.13. The van der Waals surface area contributed by atoms with Crippen molar-refractivity contribution in [3.8, 4) is 0 Å². The minimum atomic E-state index is 0.0270. The molecule has 0 atom stereocenters. The second kappa shape index (κ2) is 7.11. The molecule has 0 aliphatic carbocycles. The van der Waals surface area contributed by atoms with Gasteiger partial charge in [0.15, 0.2) is 5.13 Å². The highest BCUT2D eigenvalue weighted by Crippen LogP contribution is 2.26. The Morgan fingerprint density at radius 3 is 2.96 bits per heavy atom. The van der Waals surface area contributed by atoms with E-state index in [4.69, 9.17) is 0 Å². The van der Waals surface area contributed by atoms with Gasteiger partial charge >= 0.3 is 0 Å². The molecule has 0 bridgehead atoms. The van der Waals surface area contributed by atoms with Crippen molar-refractivity contribution >= 4 is 55.5 Å². The molecule has 8 heteroatoms. The number of thiophene rings is 1. The maximum atomic E-state index is 12.3. The number of aromatic nitrogens is 1. The number of anilines is 1. The van der Waals surface area contributed by atoms with Crippen molar-refractivity contribution in [3.63, 3.8) is 0 Å². The standard InChI is InChI=1S/C15H16BrN3O2S2/c1-18(8-11-4-5-12(16)23-11)14(21)7-10-9-22-15(17-10)19-6-2-3-13(19)20/h4-5,9H,2-3,6-8H2,1H3. The second-order valence-corrected chi connectivity index (χ2v) is 8.79. The topological polar surface area (TPSA) is 53.5 Å². The maximum absolute atomic E-state index is 12.3. The summed E-state index contributed by atoms with van der Waals surface area (Å²) in [4.78, 5) is 33.1. The third-order valence-electron chi connectivity index (χ3n) is 3.62. The third kappa shape index (κ3) is 3.99. The number of thiazole rings is 1. The van der Waals surface area contributed by atoms with Gasteiger partial charge in [0.25, 0.3) is 0 Å². The van der Waals surface area contributed by atoms with Gasteiger partial charge in [0.05, 0.1) is 22.4 Å². The van der Waals surface area contributed by atoms with Crippen LogP contribution in [-0.4, -0.2) is 35.3 Å². The van der Waals surface area contributed by atoms with Gasteiger partial charge in [0.1, 0.15) is 0 Å². The molecule has 2 aromatic rings. The van der Waals surface area contributed by atoms with Crippen LogP contribution >= 0.6 is 38.6 Å². The van der Waals surface area contributed by atoms with Gasteiger partial charge in [-0.15, -0.1) is 22.7 Å². The summed E-state index contributed by atoms with van der Waals surface area (Å²) in [7, 11) is 1.80. The van der Waals surface area contributed by atoms with Gasteiger partial charge in [0.2, 0.25) is 11.8 Å². The lowest BCUT2D eigenvalue weighted by Gasteiger charge is -2.15. The normalized spacial score (nSPS) is 14.5. The van der Waals surface area contributed by atoms with Gasteiger partial charge in [-0.3, -0.25) is 14.5 Å². The number of carbonyl (C=O) groups excluding carboxylic acids is 2. The highest BCUT2D eigenvalue weighted by molar-refractivity contribution is 9.11. The van der Waals surface area contributed by atoms with Crippen LogP contribution < -0.4 is 4.90 Å². The van der Waals surface area contributed by atoms with Gasteiger partial charge in [-0.1, -0.05) is 0 Å². The van der Waals surface area contributed by atoms with Crippen molar-refractivity contribution in [1.29, 1.82) is 0 Å². The molecule has 1 aliphatic heterocycles. The summed E-state index contributed by atoms with van der Waals surface area (Å²) >= 11 is 6.48. The lowest BCUT2D eigenvalue weighted by Crippen LogP contribution is -2.27. The maximum Gasteiger partial charge on any atom is 0.228 e. The number of nitrogens with zero attached hydrogens (tertiary/aromatic N) is 3. The monoisotopic (exact) mass is 413 g/mol. The smallest absolute Gasteiger partial charge is 0.228 e. The Labute approximate surface area is 151 Å². The van der Waals surface area contributed by atoms with Crippen molar-refractivity contribution in [1.82, 2.24) is 9.88 Å². The van der Waals surface area contributed by atoms with Crippen molar-refractivity contribution in [3.05, 3.63) is 31.9 Å². The van der Waals surface area contributed by atoms with E-state index in [0.29, 0.717) is 18.1 Å². The minimum Gasteiger partial charge on any atom is -0.340 e. The molecular weight excluding hydrogens is 398 g/mol. The van der Waals surface area contributed by atoms with Crippen LogP contribution in [0.1, 0.15) is 23.4 Å². The first-order valence-corrected chi connectivity index (χ1v) is 9.75. The summed E-state index contributed by atoms with van der Waals surface area (Å²) in [5.74, 6) is 0.150. The highest BCUT2D eigenvalue weighted by Gasteiger charge is 2.24. The van der Waals surface area contributed by atoms with Crippen LogP contribution in [0, 0.1) is 0 Å². The SMILES string of the molecule is CN(Cc1ccc(Br)s1)C(=O)Cc1csc(N2CCCC2=O)n1. The fraction of sp³-hybridized carbons (Fsp3) is 0.400. The molecule has 122 valence electrons. The molecule has 5 nitrogen and oxygen atoms in total. The number of rotatable bonds is 5. The van der Waals surface area contributed by atoms with E-state index in [2.05, 4.69) is 20.9 Å². The summed E-state index contributed by atoms with van der Waals surface area (Å²) in [5.41, 5.74) is 0.730. The summed E-state index contributed by atoms with van der Waals surface area (Å²) in [6.07, 6.45) is 1.74. The first-order chi connectivity index (χ1) is 11.0. The van der Waals surface area contributed by atoms with E-state index in [0.717, 1.165) is 27.3 Å². The van der Waals surface area contributed by atoms with Gasteiger partial charge in [0, 0.05) is 30.3 Å². The molecule has 0 radical (unpaired) electrons. The van der Waals surface area contributed by atoms with Crippen LogP contribution in [0.25, 0.3) is 0 Å². The molecule has 3 heterocycles. The van der Waals surface area contributed by atoms with Gasteiger partial charge < -0.3 is 4.90 Å². The van der Waals surface area contributed by atoms with Crippen molar-refractivity contribution in [2.24, 2.45) is 0 Å². The second-order valence-electron chi connectivity index (χ2n) is 5.40. The van der Waals surface area contributed by atoms with E-state index in [1.807, 2.05) is 17.5 Å². The molecule has 0 saturated carbocycles. The zero-order chi connectivity index (χ0) is 16.4. The summed E-state index contributed by atoms with van der Waals surface area (Å²) < 4.78 is 1.06. The van der Waals surface area contributed by atoms with Gasteiger partial charge in [-0.2, -0.15) is 0 Å². The highest BCUT2D eigenvalue weighted by atomic mass is 79.9. The Morgan fingerprint density at radius 1 is 1.48 bits per heavy atom. The molecule has 0 N–H and O–H groups in total. The largest absolute Gasteiger partial charge is 0.340 e. The lowest BCUT2D eigenvalue weighted by molar-refractivity contribution is -0.129. The molecule has 0 unspecified atom stereocenters. The Bertz CT molecular complexity index is 728. The third-order valence-corrected chi connectivity index (χ3v) is 6.14. The van der Waals surface area contributed by atoms with E-state index in [-0.39, 0.29) is 18.2 Å². The lowest BCUT2D eigenvalue weighted by atomic mass is 10.3. The van der Waals surface area contributed by atoms with Crippen LogP contribution in [-0.2, 0) is 22.6 Å². The minimum absolute atomic E-state index is 0.0270. The molecule has 23 heavy (non-hydrogen) atoms. The number of hydrogen-bond donors (Lipinski definition) is 0. The average molecular weight is 414 g/mol. The predicted octanol–water partition coefficient (Wildman–Crippen LogP) is 3.30. The van der Waals surface area contributed by atoms with E-state index >= 15 is 0 Å². The molecule has 2 aromatic heterocycles. The Morgan fingerprint density at radius 2 is 2.30 bits per heavy atom. The van der Waals surface area contributed by atoms with E-state index in [9.17, 15) is 9.59 Å². The van der Waals surface area contributed by atoms with Crippen LogP contribution in [0.3, 0.4) is 0 Å². The van der Waals surface area contributed by atoms with Crippen molar-refractivity contribution < 1.29 is 9.59 Å². The molecule has 1 fully saturated rings.